The van der Waals surface area contributed by atoms with Gasteiger partial charge < -0.3 is 9.84 Å². The second-order valence-corrected chi connectivity index (χ2v) is 4.22. The molecule has 1 N–H and O–H groups in total. The zero-order chi connectivity index (χ0) is 14.7. The van der Waals surface area contributed by atoms with Crippen LogP contribution in [0.5, 0.6) is 0 Å². The van der Waals surface area contributed by atoms with Crippen molar-refractivity contribution in [2.45, 2.75) is 6.61 Å². The number of hydrogen-bond acceptors (Lipinski definition) is 5. The Labute approximate surface area is 119 Å². The van der Waals surface area contributed by atoms with E-state index in [-0.39, 0.29) is 22.9 Å². The van der Waals surface area contributed by atoms with Crippen molar-refractivity contribution in [2.75, 3.05) is 7.11 Å². The third kappa shape index (κ3) is 2.47. The number of methoxy groups -OCH3 is 1. The van der Waals surface area contributed by atoms with Crippen LogP contribution >= 0.6 is 11.6 Å². The number of rotatable bonds is 4. The largest absolute Gasteiger partial charge is 0.478 e. The first-order valence-corrected chi connectivity index (χ1v) is 5.83. The number of aromatic nitrogens is 3. The van der Waals surface area contributed by atoms with Crippen molar-refractivity contribution in [3.8, 4) is 11.8 Å². The van der Waals surface area contributed by atoms with Crippen LogP contribution in [0.1, 0.15) is 21.7 Å². The van der Waals surface area contributed by atoms with Gasteiger partial charge in [0.1, 0.15) is 11.8 Å². The first-order valence-electron chi connectivity index (χ1n) is 5.45. The normalized spacial score (nSPS) is 10.2. The topological polar surface area (TPSA) is 101 Å². The molecule has 102 valence electrons. The van der Waals surface area contributed by atoms with E-state index in [0.29, 0.717) is 11.4 Å². The number of carbonyl (C=O) groups is 1. The minimum atomic E-state index is -1.15. The van der Waals surface area contributed by atoms with Crippen LogP contribution in [0.4, 0.5) is 0 Å². The third-order valence-corrected chi connectivity index (χ3v) is 2.90. The minimum Gasteiger partial charge on any atom is -0.478 e. The molecule has 0 aliphatic heterocycles. The molecule has 0 radical (unpaired) electrons. The fraction of sp³-hybridized carbons (Fsp3) is 0.167. The highest BCUT2D eigenvalue weighted by atomic mass is 35.5. The van der Waals surface area contributed by atoms with Crippen molar-refractivity contribution in [1.29, 1.82) is 5.26 Å². The average molecular weight is 293 g/mol. The second-order valence-electron chi connectivity index (χ2n) is 3.81. The van der Waals surface area contributed by atoms with E-state index < -0.39 is 5.97 Å². The van der Waals surface area contributed by atoms with Gasteiger partial charge >= 0.3 is 5.97 Å². The van der Waals surface area contributed by atoms with Crippen LogP contribution in [0.3, 0.4) is 0 Å². The summed E-state index contributed by atoms with van der Waals surface area (Å²) in [6.07, 6.45) is 0. The Morgan fingerprint density at radius 3 is 2.95 bits per heavy atom. The predicted molar refractivity (Wildman–Crippen MR) is 68.8 cm³/mol. The molecule has 1 aromatic heterocycles. The molecular formula is C12H9ClN4O3. The maximum atomic E-state index is 11.1. The Kier molecular flexibility index (Phi) is 3.98. The van der Waals surface area contributed by atoms with E-state index in [4.69, 9.17) is 26.7 Å². The van der Waals surface area contributed by atoms with Crippen LogP contribution in [0.25, 0.3) is 5.69 Å². The van der Waals surface area contributed by atoms with Gasteiger partial charge in [-0.15, -0.1) is 5.10 Å². The number of aromatic carboxylic acids is 1. The van der Waals surface area contributed by atoms with E-state index in [0.717, 1.165) is 0 Å². The monoisotopic (exact) mass is 292 g/mol. The number of carboxylic acids is 1. The molecule has 0 amide bonds. The Hall–Kier alpha value is -2.43. The fourth-order valence-electron chi connectivity index (χ4n) is 1.67. The third-order valence-electron chi connectivity index (χ3n) is 2.58. The van der Waals surface area contributed by atoms with Crippen LogP contribution in [0.15, 0.2) is 18.2 Å². The number of hydrogen-bond donors (Lipinski definition) is 1. The highest BCUT2D eigenvalue weighted by Gasteiger charge is 2.16. The van der Waals surface area contributed by atoms with Gasteiger partial charge in [0.05, 0.1) is 22.9 Å². The predicted octanol–water partition coefficient (Wildman–Crippen LogP) is 1.64. The zero-order valence-corrected chi connectivity index (χ0v) is 11.1. The highest BCUT2D eigenvalue weighted by Crippen LogP contribution is 2.21. The number of carboxylic acid groups (broad SMARTS) is 1. The van der Waals surface area contributed by atoms with Crippen LogP contribution in [0, 0.1) is 11.3 Å². The molecule has 0 fully saturated rings. The van der Waals surface area contributed by atoms with Gasteiger partial charge in [0.25, 0.3) is 0 Å². The van der Waals surface area contributed by atoms with Gasteiger partial charge in [-0.05, 0) is 18.2 Å². The van der Waals surface area contributed by atoms with E-state index >= 15 is 0 Å². The summed E-state index contributed by atoms with van der Waals surface area (Å²) < 4.78 is 6.35. The fourth-order valence-corrected chi connectivity index (χ4v) is 1.87. The smallest absolute Gasteiger partial charge is 0.337 e. The first-order chi connectivity index (χ1) is 9.58. The molecule has 1 heterocycles. The zero-order valence-electron chi connectivity index (χ0n) is 10.4. The molecule has 8 heteroatoms. The molecule has 0 aliphatic carbocycles. The number of halogens is 1. The second kappa shape index (κ2) is 5.69. The molecule has 0 unspecified atom stereocenters. The Morgan fingerprint density at radius 2 is 2.35 bits per heavy atom. The van der Waals surface area contributed by atoms with E-state index in [1.165, 1.54) is 23.9 Å². The molecule has 7 nitrogen and oxygen atoms in total. The van der Waals surface area contributed by atoms with Gasteiger partial charge in [-0.3, -0.25) is 0 Å². The van der Waals surface area contributed by atoms with Gasteiger partial charge in [-0.2, -0.15) is 5.26 Å². The molecule has 2 aromatic rings. The van der Waals surface area contributed by atoms with Crippen molar-refractivity contribution in [3.63, 3.8) is 0 Å². The first kappa shape index (κ1) is 14.0. The molecule has 20 heavy (non-hydrogen) atoms. The summed E-state index contributed by atoms with van der Waals surface area (Å²) in [5.74, 6) is -1.15. The number of benzene rings is 1. The number of ether oxygens (including phenoxy) is 1. The van der Waals surface area contributed by atoms with E-state index in [9.17, 15) is 4.79 Å². The van der Waals surface area contributed by atoms with Crippen molar-refractivity contribution < 1.29 is 14.6 Å². The standard InChI is InChI=1S/C12H9ClN4O3/c1-20-6-11-10(5-14)15-16-17(11)7-2-3-9(13)8(4-7)12(18)19/h2-4H,6H2,1H3,(H,18,19). The summed E-state index contributed by atoms with van der Waals surface area (Å²) in [6, 6.07) is 6.30. The van der Waals surface area contributed by atoms with Gasteiger partial charge in [0.15, 0.2) is 5.69 Å². The van der Waals surface area contributed by atoms with E-state index in [1.54, 1.807) is 6.07 Å². The van der Waals surface area contributed by atoms with Gasteiger partial charge in [0, 0.05) is 7.11 Å². The summed E-state index contributed by atoms with van der Waals surface area (Å²) in [5, 5.41) is 25.7. The van der Waals surface area contributed by atoms with Crippen molar-refractivity contribution >= 4 is 17.6 Å². The lowest BCUT2D eigenvalue weighted by atomic mass is 10.2. The summed E-state index contributed by atoms with van der Waals surface area (Å²) in [7, 11) is 1.48. The van der Waals surface area contributed by atoms with Crippen LogP contribution in [-0.2, 0) is 11.3 Å². The summed E-state index contributed by atoms with van der Waals surface area (Å²) in [6.45, 7) is 0.126. The molecule has 0 saturated heterocycles. The van der Waals surface area contributed by atoms with Gasteiger partial charge in [-0.25, -0.2) is 9.48 Å². The maximum absolute atomic E-state index is 11.1. The van der Waals surface area contributed by atoms with Crippen molar-refractivity contribution in [1.82, 2.24) is 15.0 Å². The average Bonchev–Trinajstić information content (AvgIpc) is 2.82. The van der Waals surface area contributed by atoms with Crippen LogP contribution in [-0.4, -0.2) is 33.2 Å². The molecule has 1 aromatic carbocycles. The summed E-state index contributed by atoms with van der Waals surface area (Å²) >= 11 is 5.81. The van der Waals surface area contributed by atoms with Crippen molar-refractivity contribution in [2.24, 2.45) is 0 Å². The lowest BCUT2D eigenvalue weighted by molar-refractivity contribution is 0.0697. The maximum Gasteiger partial charge on any atom is 0.337 e. The molecule has 0 aliphatic rings. The molecule has 0 atom stereocenters. The number of nitrogens with zero attached hydrogens (tertiary/aromatic N) is 4. The quantitative estimate of drug-likeness (QED) is 0.919. The lowest BCUT2D eigenvalue weighted by Gasteiger charge is -2.07. The van der Waals surface area contributed by atoms with Gasteiger partial charge in [0.2, 0.25) is 0 Å². The Morgan fingerprint density at radius 1 is 1.60 bits per heavy atom. The molecule has 0 saturated carbocycles. The lowest BCUT2D eigenvalue weighted by Crippen LogP contribution is -2.06. The molecule has 2 rings (SSSR count). The highest BCUT2D eigenvalue weighted by molar-refractivity contribution is 6.33. The molecule has 0 spiro atoms. The number of nitriles is 1. The van der Waals surface area contributed by atoms with Crippen molar-refractivity contribution in [3.05, 3.63) is 40.2 Å². The van der Waals surface area contributed by atoms with E-state index in [1.807, 2.05) is 6.07 Å². The SMILES string of the molecule is COCc1c(C#N)nnn1-c1ccc(Cl)c(C(=O)O)c1. The Bertz CT molecular complexity index is 705. The summed E-state index contributed by atoms with van der Waals surface area (Å²) in [5.41, 5.74) is 0.946. The summed E-state index contributed by atoms with van der Waals surface area (Å²) in [4.78, 5) is 11.1. The van der Waals surface area contributed by atoms with E-state index in [2.05, 4.69) is 10.3 Å². The molecular weight excluding hydrogens is 284 g/mol. The van der Waals surface area contributed by atoms with Crippen LogP contribution < -0.4 is 0 Å². The van der Waals surface area contributed by atoms with Crippen LogP contribution in [0.2, 0.25) is 5.02 Å². The molecule has 0 bridgehead atoms. The van der Waals surface area contributed by atoms with Gasteiger partial charge in [-0.1, -0.05) is 16.8 Å². The minimum absolute atomic E-state index is 0.0541. The Balaban J connectivity index is 2.57.